The van der Waals surface area contributed by atoms with Gasteiger partial charge in [-0.1, -0.05) is 24.4 Å². The maximum absolute atomic E-state index is 6.00. The van der Waals surface area contributed by atoms with Crippen LogP contribution in [0.2, 0.25) is 5.02 Å². The van der Waals surface area contributed by atoms with Crippen molar-refractivity contribution in [3.05, 3.63) is 22.8 Å². The Bertz CT molecular complexity index is 361. The predicted octanol–water partition coefficient (Wildman–Crippen LogP) is 2.57. The van der Waals surface area contributed by atoms with E-state index in [2.05, 4.69) is 16.9 Å². The Morgan fingerprint density at radius 2 is 2.19 bits per heavy atom. The molecule has 0 amide bonds. The van der Waals surface area contributed by atoms with Gasteiger partial charge in [0.25, 0.3) is 0 Å². The van der Waals surface area contributed by atoms with E-state index in [1.807, 2.05) is 6.07 Å². The first-order valence-corrected chi connectivity index (χ1v) is 6.17. The van der Waals surface area contributed by atoms with E-state index in [-0.39, 0.29) is 0 Å². The summed E-state index contributed by atoms with van der Waals surface area (Å²) in [6.45, 7) is 0.465. The fourth-order valence-corrected chi connectivity index (χ4v) is 2.48. The molecule has 1 aliphatic rings. The van der Waals surface area contributed by atoms with Gasteiger partial charge in [0.2, 0.25) is 0 Å². The molecule has 0 radical (unpaired) electrons. The van der Waals surface area contributed by atoms with Crippen molar-refractivity contribution >= 4 is 17.4 Å². The first kappa shape index (κ1) is 11.7. The van der Waals surface area contributed by atoms with Crippen LogP contribution in [-0.4, -0.2) is 18.1 Å². The molecule has 0 aromatic carbocycles. The van der Waals surface area contributed by atoms with E-state index in [4.69, 9.17) is 17.3 Å². The zero-order valence-electron chi connectivity index (χ0n) is 9.62. The normalized spacial score (nSPS) is 16.7. The molecule has 1 aromatic rings. The number of pyridine rings is 1. The lowest BCUT2D eigenvalue weighted by atomic mass is 10.2. The molecule has 88 valence electrons. The molecule has 2 rings (SSSR count). The summed E-state index contributed by atoms with van der Waals surface area (Å²) in [7, 11) is 2.10. The Balaban J connectivity index is 2.19. The van der Waals surface area contributed by atoms with E-state index in [9.17, 15) is 0 Å². The number of nitrogens with zero attached hydrogens (tertiary/aromatic N) is 2. The molecule has 1 aromatic heterocycles. The first-order valence-electron chi connectivity index (χ1n) is 5.79. The van der Waals surface area contributed by atoms with Crippen molar-refractivity contribution in [2.24, 2.45) is 5.73 Å². The van der Waals surface area contributed by atoms with Crippen molar-refractivity contribution in [3.8, 4) is 0 Å². The highest BCUT2D eigenvalue weighted by Crippen LogP contribution is 2.27. The van der Waals surface area contributed by atoms with Crippen molar-refractivity contribution in [1.82, 2.24) is 4.98 Å². The molecular formula is C12H18ClN3. The van der Waals surface area contributed by atoms with Crippen LogP contribution in [0, 0.1) is 0 Å². The third kappa shape index (κ3) is 2.30. The molecule has 3 nitrogen and oxygen atoms in total. The van der Waals surface area contributed by atoms with Gasteiger partial charge in [-0.15, -0.1) is 0 Å². The van der Waals surface area contributed by atoms with E-state index in [0.717, 1.165) is 11.4 Å². The number of hydrogen-bond acceptors (Lipinski definition) is 3. The largest absolute Gasteiger partial charge is 0.357 e. The second-order valence-corrected chi connectivity index (χ2v) is 4.79. The van der Waals surface area contributed by atoms with Gasteiger partial charge in [-0.05, 0) is 24.5 Å². The number of nitrogens with two attached hydrogens (primary N) is 1. The number of aromatic nitrogens is 1. The topological polar surface area (TPSA) is 42.1 Å². The van der Waals surface area contributed by atoms with E-state index in [0.29, 0.717) is 17.6 Å². The van der Waals surface area contributed by atoms with Crippen LogP contribution in [0.15, 0.2) is 12.3 Å². The Morgan fingerprint density at radius 3 is 2.81 bits per heavy atom. The minimum Gasteiger partial charge on any atom is -0.357 e. The van der Waals surface area contributed by atoms with Gasteiger partial charge in [-0.2, -0.15) is 0 Å². The van der Waals surface area contributed by atoms with E-state index >= 15 is 0 Å². The van der Waals surface area contributed by atoms with Gasteiger partial charge in [0, 0.05) is 25.8 Å². The summed E-state index contributed by atoms with van der Waals surface area (Å²) >= 11 is 6.00. The van der Waals surface area contributed by atoms with Gasteiger partial charge in [0.05, 0.1) is 5.02 Å². The third-order valence-corrected chi connectivity index (χ3v) is 3.71. The Hall–Kier alpha value is -0.800. The van der Waals surface area contributed by atoms with Gasteiger partial charge in [-0.25, -0.2) is 4.98 Å². The van der Waals surface area contributed by atoms with Crippen molar-refractivity contribution in [2.75, 3.05) is 11.9 Å². The maximum atomic E-state index is 6.00. The molecule has 0 bridgehead atoms. The minimum atomic E-state index is 0.465. The van der Waals surface area contributed by atoms with Gasteiger partial charge in [-0.3, -0.25) is 0 Å². The van der Waals surface area contributed by atoms with Crippen molar-refractivity contribution in [3.63, 3.8) is 0 Å². The van der Waals surface area contributed by atoms with E-state index in [1.54, 1.807) is 6.20 Å². The van der Waals surface area contributed by atoms with Crippen LogP contribution in [0.5, 0.6) is 0 Å². The third-order valence-electron chi connectivity index (χ3n) is 3.37. The van der Waals surface area contributed by atoms with Crippen LogP contribution in [0.3, 0.4) is 0 Å². The van der Waals surface area contributed by atoms with Gasteiger partial charge < -0.3 is 10.6 Å². The van der Waals surface area contributed by atoms with Crippen LogP contribution in [0.25, 0.3) is 0 Å². The number of rotatable bonds is 3. The summed E-state index contributed by atoms with van der Waals surface area (Å²) < 4.78 is 0. The zero-order valence-corrected chi connectivity index (χ0v) is 10.4. The number of hydrogen-bond donors (Lipinski definition) is 1. The van der Waals surface area contributed by atoms with E-state index in [1.165, 1.54) is 25.7 Å². The molecule has 0 unspecified atom stereocenters. The Morgan fingerprint density at radius 1 is 1.50 bits per heavy atom. The average molecular weight is 240 g/mol. The molecule has 0 saturated heterocycles. The second-order valence-electron chi connectivity index (χ2n) is 4.39. The monoisotopic (exact) mass is 239 g/mol. The predicted molar refractivity (Wildman–Crippen MR) is 67.8 cm³/mol. The molecule has 16 heavy (non-hydrogen) atoms. The minimum absolute atomic E-state index is 0.465. The van der Waals surface area contributed by atoms with Crippen LogP contribution in [-0.2, 0) is 6.54 Å². The van der Waals surface area contributed by atoms with Crippen LogP contribution in [0.1, 0.15) is 31.2 Å². The molecule has 1 heterocycles. The lowest BCUT2D eigenvalue weighted by Crippen LogP contribution is -2.29. The zero-order chi connectivity index (χ0) is 11.5. The molecule has 1 aliphatic carbocycles. The van der Waals surface area contributed by atoms with Gasteiger partial charge >= 0.3 is 0 Å². The van der Waals surface area contributed by atoms with E-state index < -0.39 is 0 Å². The van der Waals surface area contributed by atoms with Gasteiger partial charge in [0.1, 0.15) is 5.82 Å². The average Bonchev–Trinajstić information content (AvgIpc) is 2.82. The fourth-order valence-electron chi connectivity index (χ4n) is 2.30. The summed E-state index contributed by atoms with van der Waals surface area (Å²) in [6.07, 6.45) is 6.88. The standard InChI is InChI=1S/C12H18ClN3/c1-16(10-4-2-3-5-10)12-6-9(7-14)11(13)8-15-12/h6,8,10H,2-5,7,14H2,1H3. The number of halogens is 1. The van der Waals surface area contributed by atoms with Crippen molar-refractivity contribution in [1.29, 1.82) is 0 Å². The van der Waals surface area contributed by atoms with Crippen LogP contribution in [0.4, 0.5) is 5.82 Å². The summed E-state index contributed by atoms with van der Waals surface area (Å²) in [5, 5.41) is 0.658. The summed E-state index contributed by atoms with van der Waals surface area (Å²) in [5.41, 5.74) is 6.61. The molecular weight excluding hydrogens is 222 g/mol. The highest BCUT2D eigenvalue weighted by atomic mass is 35.5. The van der Waals surface area contributed by atoms with Crippen LogP contribution >= 0.6 is 11.6 Å². The van der Waals surface area contributed by atoms with Gasteiger partial charge in [0.15, 0.2) is 0 Å². The molecule has 0 aliphatic heterocycles. The van der Waals surface area contributed by atoms with Crippen LogP contribution < -0.4 is 10.6 Å². The quantitative estimate of drug-likeness (QED) is 0.882. The molecule has 1 fully saturated rings. The maximum Gasteiger partial charge on any atom is 0.128 e. The summed E-state index contributed by atoms with van der Waals surface area (Å²) in [5.74, 6) is 0.983. The highest BCUT2D eigenvalue weighted by molar-refractivity contribution is 6.31. The molecule has 4 heteroatoms. The Kier molecular flexibility index (Phi) is 3.66. The second kappa shape index (κ2) is 5.02. The molecule has 1 saturated carbocycles. The SMILES string of the molecule is CN(c1cc(CN)c(Cl)cn1)C1CCCC1. The smallest absolute Gasteiger partial charge is 0.128 e. The molecule has 0 atom stereocenters. The highest BCUT2D eigenvalue weighted by Gasteiger charge is 2.20. The van der Waals surface area contributed by atoms with Crippen molar-refractivity contribution in [2.45, 2.75) is 38.3 Å². The first-order chi connectivity index (χ1) is 7.72. The fraction of sp³-hybridized carbons (Fsp3) is 0.583. The lowest BCUT2D eigenvalue weighted by molar-refractivity contribution is 0.646. The summed E-state index contributed by atoms with van der Waals surface area (Å²) in [4.78, 5) is 6.62. The lowest BCUT2D eigenvalue weighted by Gasteiger charge is -2.25. The molecule has 0 spiro atoms. The summed E-state index contributed by atoms with van der Waals surface area (Å²) in [6, 6.07) is 2.62. The molecule has 2 N–H and O–H groups in total. The Labute approximate surface area is 102 Å². The van der Waals surface area contributed by atoms with Crippen molar-refractivity contribution < 1.29 is 0 Å². The number of anilines is 1.